The van der Waals surface area contributed by atoms with E-state index in [1.165, 1.54) is 23.0 Å². The van der Waals surface area contributed by atoms with Crippen molar-refractivity contribution in [2.75, 3.05) is 0 Å². The molecule has 0 saturated carbocycles. The van der Waals surface area contributed by atoms with Crippen LogP contribution >= 0.6 is 0 Å². The maximum atomic E-state index is 10.8. The third kappa shape index (κ3) is 1.39. The van der Waals surface area contributed by atoms with E-state index >= 15 is 0 Å². The first-order valence-corrected chi connectivity index (χ1v) is 3.94. The number of carbonyl (C=O) groups is 1. The molecular weight excluding hydrogens is 202 g/mol. The molecule has 2 aromatic rings. The van der Waals surface area contributed by atoms with Gasteiger partial charge in [-0.3, -0.25) is 14.5 Å². The van der Waals surface area contributed by atoms with Gasteiger partial charge in [-0.2, -0.15) is 0 Å². The standard InChI is InChI=1S/C8H5N3O4/c12-8(13)6-3-5(11(14)15)4-10-2-1-9-7(6)10/h1-4H,(H,12,13). The molecule has 0 fully saturated rings. The van der Waals surface area contributed by atoms with E-state index < -0.39 is 10.9 Å². The fraction of sp³-hybridized carbons (Fsp3) is 0. The second-order valence-electron chi connectivity index (χ2n) is 2.83. The highest BCUT2D eigenvalue weighted by Gasteiger charge is 2.16. The van der Waals surface area contributed by atoms with Gasteiger partial charge in [-0.05, 0) is 0 Å². The average molecular weight is 207 g/mol. The summed E-state index contributed by atoms with van der Waals surface area (Å²) in [4.78, 5) is 24.5. The molecule has 2 heterocycles. The van der Waals surface area contributed by atoms with Gasteiger partial charge in [0.2, 0.25) is 0 Å². The Morgan fingerprint density at radius 2 is 2.33 bits per heavy atom. The Morgan fingerprint density at radius 3 is 2.93 bits per heavy atom. The number of fused-ring (bicyclic) bond motifs is 1. The molecule has 76 valence electrons. The molecule has 0 amide bonds. The van der Waals surface area contributed by atoms with Crippen molar-refractivity contribution in [1.82, 2.24) is 9.38 Å². The Hall–Kier alpha value is -2.44. The predicted molar refractivity (Wildman–Crippen MR) is 48.8 cm³/mol. The molecule has 0 spiro atoms. The van der Waals surface area contributed by atoms with E-state index in [9.17, 15) is 14.9 Å². The number of nitro groups is 1. The Labute approximate surface area is 82.7 Å². The fourth-order valence-electron chi connectivity index (χ4n) is 1.28. The monoisotopic (exact) mass is 207 g/mol. The number of hydrogen-bond acceptors (Lipinski definition) is 4. The largest absolute Gasteiger partial charge is 0.478 e. The van der Waals surface area contributed by atoms with Gasteiger partial charge in [0.1, 0.15) is 5.56 Å². The highest BCUT2D eigenvalue weighted by atomic mass is 16.6. The van der Waals surface area contributed by atoms with Gasteiger partial charge >= 0.3 is 5.97 Å². The highest BCUT2D eigenvalue weighted by Crippen LogP contribution is 2.17. The lowest BCUT2D eigenvalue weighted by Gasteiger charge is -1.98. The molecule has 0 aliphatic heterocycles. The van der Waals surface area contributed by atoms with Gasteiger partial charge < -0.3 is 5.11 Å². The van der Waals surface area contributed by atoms with Gasteiger partial charge in [-0.1, -0.05) is 0 Å². The number of aromatic nitrogens is 2. The van der Waals surface area contributed by atoms with Crippen LogP contribution in [-0.2, 0) is 0 Å². The van der Waals surface area contributed by atoms with E-state index in [4.69, 9.17) is 5.11 Å². The summed E-state index contributed by atoms with van der Waals surface area (Å²) in [5, 5.41) is 19.4. The number of imidazole rings is 1. The quantitative estimate of drug-likeness (QED) is 0.583. The SMILES string of the molecule is O=C(O)c1cc([N+](=O)[O-])cn2ccnc12. The number of carboxylic acid groups (broad SMARTS) is 1. The predicted octanol–water partition coefficient (Wildman–Crippen LogP) is 0.941. The molecule has 1 N–H and O–H groups in total. The van der Waals surface area contributed by atoms with E-state index in [2.05, 4.69) is 4.98 Å². The topological polar surface area (TPSA) is 97.7 Å². The maximum absolute atomic E-state index is 10.8. The number of hydrogen-bond donors (Lipinski definition) is 1. The van der Waals surface area contributed by atoms with Crippen LogP contribution in [-0.4, -0.2) is 25.4 Å². The number of rotatable bonds is 2. The van der Waals surface area contributed by atoms with Crippen molar-refractivity contribution >= 4 is 17.3 Å². The van der Waals surface area contributed by atoms with Crippen molar-refractivity contribution < 1.29 is 14.8 Å². The highest BCUT2D eigenvalue weighted by molar-refractivity contribution is 5.95. The molecule has 2 rings (SSSR count). The van der Waals surface area contributed by atoms with Crippen molar-refractivity contribution in [1.29, 1.82) is 0 Å². The van der Waals surface area contributed by atoms with Crippen LogP contribution in [0.25, 0.3) is 5.65 Å². The smallest absolute Gasteiger partial charge is 0.339 e. The van der Waals surface area contributed by atoms with Gasteiger partial charge in [-0.25, -0.2) is 9.78 Å². The molecular formula is C8H5N3O4. The van der Waals surface area contributed by atoms with Gasteiger partial charge in [-0.15, -0.1) is 0 Å². The molecule has 0 bridgehead atoms. The van der Waals surface area contributed by atoms with Crippen LogP contribution in [0.15, 0.2) is 24.7 Å². The third-order valence-corrected chi connectivity index (χ3v) is 1.91. The van der Waals surface area contributed by atoms with E-state index in [1.807, 2.05) is 0 Å². The number of carboxylic acids is 1. The summed E-state index contributed by atoms with van der Waals surface area (Å²) in [7, 11) is 0. The first-order valence-electron chi connectivity index (χ1n) is 3.94. The van der Waals surface area contributed by atoms with Crippen LogP contribution in [0.5, 0.6) is 0 Å². The van der Waals surface area contributed by atoms with Crippen LogP contribution in [0, 0.1) is 10.1 Å². The number of aromatic carboxylic acids is 1. The molecule has 0 aliphatic carbocycles. The lowest BCUT2D eigenvalue weighted by atomic mass is 10.2. The molecule has 0 unspecified atom stereocenters. The van der Waals surface area contributed by atoms with E-state index in [0.29, 0.717) is 0 Å². The van der Waals surface area contributed by atoms with Crippen molar-refractivity contribution in [3.63, 3.8) is 0 Å². The Bertz CT molecular complexity index is 560. The van der Waals surface area contributed by atoms with E-state index in [1.54, 1.807) is 0 Å². The number of nitrogens with zero attached hydrogens (tertiary/aromatic N) is 3. The van der Waals surface area contributed by atoms with Gasteiger partial charge in [0.25, 0.3) is 5.69 Å². The average Bonchev–Trinajstić information content (AvgIpc) is 2.62. The molecule has 15 heavy (non-hydrogen) atoms. The van der Waals surface area contributed by atoms with Crippen LogP contribution in [0.4, 0.5) is 5.69 Å². The Balaban J connectivity index is 2.80. The molecule has 0 aliphatic rings. The minimum absolute atomic E-state index is 0.186. The van der Waals surface area contributed by atoms with E-state index in [0.717, 1.165) is 6.07 Å². The number of pyridine rings is 1. The summed E-state index contributed by atoms with van der Waals surface area (Å²) in [6.07, 6.45) is 4.05. The van der Waals surface area contributed by atoms with Crippen LogP contribution < -0.4 is 0 Å². The van der Waals surface area contributed by atoms with Crippen LogP contribution in [0.3, 0.4) is 0 Å². The lowest BCUT2D eigenvalue weighted by molar-refractivity contribution is -0.385. The molecule has 2 aromatic heterocycles. The normalized spacial score (nSPS) is 10.4. The summed E-state index contributed by atoms with van der Waals surface area (Å²) < 4.78 is 1.31. The van der Waals surface area contributed by atoms with E-state index in [-0.39, 0.29) is 16.9 Å². The summed E-state index contributed by atoms with van der Waals surface area (Å²) in [5.41, 5.74) is -0.278. The van der Waals surface area contributed by atoms with Crippen LogP contribution in [0.2, 0.25) is 0 Å². The van der Waals surface area contributed by atoms with Crippen molar-refractivity contribution in [2.24, 2.45) is 0 Å². The van der Waals surface area contributed by atoms with Crippen molar-refractivity contribution in [2.45, 2.75) is 0 Å². The molecule has 0 aromatic carbocycles. The van der Waals surface area contributed by atoms with Gasteiger partial charge in [0.05, 0.1) is 11.1 Å². The van der Waals surface area contributed by atoms with Crippen molar-refractivity contribution in [3.8, 4) is 0 Å². The second-order valence-corrected chi connectivity index (χ2v) is 2.83. The third-order valence-electron chi connectivity index (χ3n) is 1.91. The molecule has 0 radical (unpaired) electrons. The van der Waals surface area contributed by atoms with Gasteiger partial charge in [0, 0.05) is 18.5 Å². The molecule has 0 saturated heterocycles. The first-order chi connectivity index (χ1) is 7.09. The zero-order valence-electron chi connectivity index (χ0n) is 7.32. The minimum Gasteiger partial charge on any atom is -0.478 e. The zero-order chi connectivity index (χ0) is 11.0. The Morgan fingerprint density at radius 1 is 1.60 bits per heavy atom. The fourth-order valence-corrected chi connectivity index (χ4v) is 1.28. The van der Waals surface area contributed by atoms with Crippen molar-refractivity contribution in [3.05, 3.63) is 40.3 Å². The second kappa shape index (κ2) is 3.05. The first kappa shape index (κ1) is 9.13. The summed E-state index contributed by atoms with van der Waals surface area (Å²) in [6, 6.07) is 0.991. The maximum Gasteiger partial charge on any atom is 0.339 e. The van der Waals surface area contributed by atoms with Crippen LogP contribution in [0.1, 0.15) is 10.4 Å². The molecule has 7 nitrogen and oxygen atoms in total. The minimum atomic E-state index is -1.24. The summed E-state index contributed by atoms with van der Waals surface area (Å²) in [6.45, 7) is 0. The molecule has 0 atom stereocenters. The zero-order valence-corrected chi connectivity index (χ0v) is 7.32. The summed E-state index contributed by atoms with van der Waals surface area (Å²) >= 11 is 0. The lowest BCUT2D eigenvalue weighted by Crippen LogP contribution is -2.02. The molecule has 7 heteroatoms. The van der Waals surface area contributed by atoms with Gasteiger partial charge in [0.15, 0.2) is 5.65 Å². The Kier molecular flexibility index (Phi) is 1.86. The summed E-state index contributed by atoms with van der Waals surface area (Å²) in [5.74, 6) is -1.24.